The van der Waals surface area contributed by atoms with Crippen LogP contribution in [-0.2, 0) is 81.0 Å². The Kier molecular flexibility index (Phi) is 30.4. The Morgan fingerprint density at radius 3 is 1.79 bits per heavy atom. The minimum atomic E-state index is -4.53. The van der Waals surface area contributed by atoms with E-state index in [-0.39, 0.29) is 66.2 Å². The van der Waals surface area contributed by atoms with E-state index in [9.17, 15) is 85.7 Å². The number of benzene rings is 4. The van der Waals surface area contributed by atoms with Crippen LogP contribution in [-0.4, -0.2) is 131 Å². The zero-order chi connectivity index (χ0) is 70.7. The van der Waals surface area contributed by atoms with Gasteiger partial charge in [0.05, 0.1) is 29.9 Å². The number of H-pyrrole nitrogens is 1. The van der Waals surface area contributed by atoms with Gasteiger partial charge in [0.1, 0.15) is 11.6 Å². The Morgan fingerprint density at radius 1 is 0.573 bits per heavy atom. The molecule has 1 heterocycles. The van der Waals surface area contributed by atoms with Crippen LogP contribution in [0.2, 0.25) is 0 Å². The second kappa shape index (κ2) is 37.7. The third kappa shape index (κ3) is 26.5. The number of aliphatic carboxylic acids is 3. The summed E-state index contributed by atoms with van der Waals surface area (Å²) in [4.78, 5) is 161. The highest BCUT2D eigenvalue weighted by molar-refractivity contribution is 7.89. The smallest absolute Gasteiger partial charge is 0.305 e. The number of carbonyl (C=O) groups is 12. The molecular formula is C70H88FN7O17S. The number of nitrogens with two attached hydrogens (primary N) is 1. The number of primary amides is 1. The zero-order valence-electron chi connectivity index (χ0n) is 54.5. The Hall–Kier alpha value is -9.30. The Bertz CT molecular complexity index is 3680. The Balaban J connectivity index is 1.24. The lowest BCUT2D eigenvalue weighted by atomic mass is 9.87. The van der Waals surface area contributed by atoms with Gasteiger partial charge in [-0.25, -0.2) is 17.5 Å². The van der Waals surface area contributed by atoms with E-state index >= 15 is 0 Å². The first-order valence-electron chi connectivity index (χ1n) is 32.0. The molecule has 1 aromatic heterocycles. The number of carbonyl (C=O) groups excluding carboxylic acids is 9. The largest absolute Gasteiger partial charge is 0.481 e. The maximum Gasteiger partial charge on any atom is 0.305 e. The molecule has 96 heavy (non-hydrogen) atoms. The fraction of sp³-hybridized carbons (Fsp3) is 0.457. The number of Topliss-reactive ketones (excluding diaryl/α,β-unsaturated/α-hetero) is 4. The number of aromatic nitrogens is 1. The van der Waals surface area contributed by atoms with Gasteiger partial charge < -0.3 is 47.3 Å². The first-order chi connectivity index (χ1) is 45.4. The third-order valence-corrected chi connectivity index (χ3v) is 18.0. The van der Waals surface area contributed by atoms with Gasteiger partial charge in [0, 0.05) is 111 Å². The Labute approximate surface area is 557 Å². The van der Waals surface area contributed by atoms with E-state index in [0.717, 1.165) is 23.3 Å². The van der Waals surface area contributed by atoms with Crippen LogP contribution in [0.4, 0.5) is 4.39 Å². The summed E-state index contributed by atoms with van der Waals surface area (Å²) >= 11 is 0. The molecule has 5 amide bonds. The van der Waals surface area contributed by atoms with E-state index in [1.807, 2.05) is 39.8 Å². The predicted molar refractivity (Wildman–Crippen MR) is 353 cm³/mol. The average molecular weight is 1350 g/mol. The molecule has 5 rings (SSSR count). The molecule has 0 aliphatic heterocycles. The van der Waals surface area contributed by atoms with Crippen molar-refractivity contribution in [3.8, 4) is 0 Å². The molecule has 0 aliphatic carbocycles. The number of fused-ring (bicyclic) bond motifs is 1. The van der Waals surface area contributed by atoms with Gasteiger partial charge in [0.25, 0.3) is 5.91 Å². The van der Waals surface area contributed by atoms with Crippen LogP contribution in [0.5, 0.6) is 0 Å². The van der Waals surface area contributed by atoms with E-state index in [4.69, 9.17) is 5.73 Å². The van der Waals surface area contributed by atoms with Gasteiger partial charge in [0.15, 0.2) is 17.3 Å². The third-order valence-electron chi connectivity index (χ3n) is 16.5. The van der Waals surface area contributed by atoms with Crippen molar-refractivity contribution in [2.75, 3.05) is 19.6 Å². The summed E-state index contributed by atoms with van der Waals surface area (Å²) in [5.74, 6) is -15.8. The highest BCUT2D eigenvalue weighted by atomic mass is 32.2. The lowest BCUT2D eigenvalue weighted by Crippen LogP contribution is -2.47. The van der Waals surface area contributed by atoms with Crippen LogP contribution in [0.1, 0.15) is 156 Å². The van der Waals surface area contributed by atoms with Crippen molar-refractivity contribution in [3.63, 3.8) is 0 Å². The molecule has 0 bridgehead atoms. The van der Waals surface area contributed by atoms with Crippen molar-refractivity contribution in [1.82, 2.24) is 31.0 Å². The number of para-hydroxylation sites is 1. The number of ketones is 4. The molecule has 0 unspecified atom stereocenters. The van der Waals surface area contributed by atoms with Crippen molar-refractivity contribution < 1.29 is 85.7 Å². The fourth-order valence-corrected chi connectivity index (χ4v) is 12.2. The molecule has 26 heteroatoms. The number of hydrogen-bond acceptors (Lipinski definition) is 14. The monoisotopic (exact) mass is 1350 g/mol. The molecular weight excluding hydrogens is 1260 g/mol. The number of unbranched alkanes of at least 4 members (excludes halogenated alkanes) is 3. The van der Waals surface area contributed by atoms with Crippen LogP contribution in [0.3, 0.4) is 0 Å². The van der Waals surface area contributed by atoms with E-state index in [1.165, 1.54) is 24.3 Å². The number of amides is 5. The van der Waals surface area contributed by atoms with Gasteiger partial charge in [-0.15, -0.1) is 0 Å². The van der Waals surface area contributed by atoms with Crippen LogP contribution >= 0.6 is 0 Å². The van der Waals surface area contributed by atoms with E-state index < -0.39 is 162 Å². The molecule has 0 saturated carbocycles. The van der Waals surface area contributed by atoms with Crippen molar-refractivity contribution in [2.24, 2.45) is 29.4 Å². The average Bonchev–Trinajstić information content (AvgIpc) is 1.52. The summed E-state index contributed by atoms with van der Waals surface area (Å²) in [6.07, 6.45) is -1.04. The van der Waals surface area contributed by atoms with Crippen molar-refractivity contribution in [2.45, 2.75) is 166 Å². The quantitative estimate of drug-likeness (QED) is 0.0177. The van der Waals surface area contributed by atoms with Gasteiger partial charge in [-0.1, -0.05) is 93.8 Å². The van der Waals surface area contributed by atoms with Crippen LogP contribution in [0, 0.1) is 36.4 Å². The highest BCUT2D eigenvalue weighted by Gasteiger charge is 2.35. The molecule has 0 spiro atoms. The highest BCUT2D eigenvalue weighted by Crippen LogP contribution is 2.26. The lowest BCUT2D eigenvalue weighted by molar-refractivity contribution is -0.140. The van der Waals surface area contributed by atoms with Crippen LogP contribution in [0.25, 0.3) is 10.9 Å². The van der Waals surface area contributed by atoms with Crippen molar-refractivity contribution >= 4 is 91.5 Å². The number of halogens is 1. The maximum atomic E-state index is 14.7. The van der Waals surface area contributed by atoms with Gasteiger partial charge in [-0.05, 0) is 116 Å². The molecule has 5 aromatic rings. The zero-order valence-corrected chi connectivity index (χ0v) is 55.4. The second-order valence-electron chi connectivity index (χ2n) is 25.3. The SMILES string of the molecule is Cc1ccc(C(=O)NCCCC[C@H](CC(=O)CCCCCNC(=O)[C@H](CCC(=O)O)CC(=O)[C@H](Cc2c[nH]c3ccccc23)NC(=O)[C@@H](CC(=O)CNC(=O)[C@H](CCC(=O)O)CC(=O)[C@@H](CC(=O)O)NS(=O)(=O)c2ccc(C(C)(C)C)cc2)Cc2cccc(F)c2)C(N)=O)cc1. The number of aromatic amines is 1. The summed E-state index contributed by atoms with van der Waals surface area (Å²) in [6, 6.07) is 21.7. The molecule has 0 saturated heterocycles. The second-order valence-corrected chi connectivity index (χ2v) is 27.0. The van der Waals surface area contributed by atoms with Crippen molar-refractivity contribution in [1.29, 1.82) is 0 Å². The number of carboxylic acids is 3. The Morgan fingerprint density at radius 2 is 1.18 bits per heavy atom. The number of carboxylic acid groups (broad SMARTS) is 3. The first kappa shape index (κ1) is 77.4. The predicted octanol–water partition coefficient (Wildman–Crippen LogP) is 6.91. The number of hydrogen-bond donors (Lipinski definition) is 10. The number of aryl methyl sites for hydroxylation is 1. The minimum absolute atomic E-state index is 0.0468. The first-order valence-corrected chi connectivity index (χ1v) is 33.5. The molecule has 4 aromatic carbocycles. The molecule has 11 N–H and O–H groups in total. The molecule has 6 atom stereocenters. The van der Waals surface area contributed by atoms with Gasteiger partial charge >= 0.3 is 17.9 Å². The summed E-state index contributed by atoms with van der Waals surface area (Å²) < 4.78 is 43.7. The normalized spacial score (nSPS) is 13.4. The van der Waals surface area contributed by atoms with E-state index in [1.54, 1.807) is 54.7 Å². The maximum absolute atomic E-state index is 14.7. The fourth-order valence-electron chi connectivity index (χ4n) is 11.0. The number of nitrogens with one attached hydrogen (secondary N) is 6. The molecule has 24 nitrogen and oxygen atoms in total. The van der Waals surface area contributed by atoms with Gasteiger partial charge in [-0.3, -0.25) is 57.5 Å². The summed E-state index contributed by atoms with van der Waals surface area (Å²) in [5, 5.41) is 40.3. The molecule has 518 valence electrons. The summed E-state index contributed by atoms with van der Waals surface area (Å²) in [7, 11) is -4.53. The van der Waals surface area contributed by atoms with E-state index in [2.05, 4.69) is 31.0 Å². The van der Waals surface area contributed by atoms with E-state index in [0.29, 0.717) is 67.1 Å². The number of rotatable bonds is 44. The lowest BCUT2D eigenvalue weighted by Gasteiger charge is -2.24. The number of sulfonamides is 1. The van der Waals surface area contributed by atoms with Crippen LogP contribution < -0.4 is 31.7 Å². The topological polar surface area (TPSA) is 402 Å². The minimum Gasteiger partial charge on any atom is -0.481 e. The molecule has 0 radical (unpaired) electrons. The summed E-state index contributed by atoms with van der Waals surface area (Å²) in [5.41, 5.74) is 9.12. The van der Waals surface area contributed by atoms with Gasteiger partial charge in [0.2, 0.25) is 33.7 Å². The standard InChI is InChI=1S/C70H88FN7O17S/c1-43-19-21-45(22-20-43)66(90)73-32-11-9-14-46(65(72)89)35-53(79)16-6-5-10-31-74-67(91)47(23-29-62(83)84)38-60(81)58(37-50-41-75-57-18-8-7-17-56(50)57)77-69(93)49(33-44-13-12-15-52(71)34-44)36-54(80)42-76-68(92)48(24-30-63(85)86)39-61(82)59(40-64(87)88)78-96(94,95)55-27-25-51(26-28-55)70(2,3)4/h7-8,12-13,15,17-22,25-28,34,41,46-49,58-59,75,78H,5-6,9-11,14,16,23-24,29-33,35-40,42H2,1-4H3,(H2,72,89)(H,73,90)(H,74,91)(H,76,92)(H,77,93)(H,83,84)(H,85,86)(H,87,88)/t46-,47-,48-,49-,58+,59-/m1/s1. The van der Waals surface area contributed by atoms with Crippen LogP contribution in [0.15, 0.2) is 108 Å². The van der Waals surface area contributed by atoms with Crippen molar-refractivity contribution in [3.05, 3.63) is 137 Å². The van der Waals surface area contributed by atoms with Gasteiger partial charge in [-0.2, -0.15) is 0 Å². The molecule has 0 aliphatic rings. The molecule has 0 fully saturated rings. The summed E-state index contributed by atoms with van der Waals surface area (Å²) in [6.45, 7) is 7.29.